The van der Waals surface area contributed by atoms with Gasteiger partial charge in [-0.3, -0.25) is 4.98 Å². The first-order chi connectivity index (χ1) is 8.67. The lowest BCUT2D eigenvalue weighted by atomic mass is 10.1. The summed E-state index contributed by atoms with van der Waals surface area (Å²) in [4.78, 5) is 6.81. The van der Waals surface area contributed by atoms with E-state index in [1.165, 1.54) is 11.1 Å². The highest BCUT2D eigenvalue weighted by atomic mass is 15.2. The highest BCUT2D eigenvalue weighted by molar-refractivity contribution is 5.93. The molecule has 1 aromatic heterocycles. The Balaban J connectivity index is 2.56. The van der Waals surface area contributed by atoms with Gasteiger partial charge in [0.05, 0.1) is 5.52 Å². The van der Waals surface area contributed by atoms with E-state index in [4.69, 9.17) is 5.73 Å². The number of hydrogen-bond acceptors (Lipinski definition) is 3. The second kappa shape index (κ2) is 5.25. The molecule has 0 fully saturated rings. The molecule has 0 amide bonds. The third-order valence-electron chi connectivity index (χ3n) is 3.52. The SMILES string of the molecule is CCC(C)N(CC)c1ccnc2cc(N)ccc12. The summed E-state index contributed by atoms with van der Waals surface area (Å²) in [7, 11) is 0. The molecule has 0 aliphatic rings. The van der Waals surface area contributed by atoms with Crippen molar-refractivity contribution in [2.24, 2.45) is 0 Å². The van der Waals surface area contributed by atoms with Gasteiger partial charge >= 0.3 is 0 Å². The highest BCUT2D eigenvalue weighted by Gasteiger charge is 2.13. The maximum atomic E-state index is 5.81. The molecule has 0 aliphatic carbocycles. The van der Waals surface area contributed by atoms with Crippen molar-refractivity contribution in [1.82, 2.24) is 4.98 Å². The van der Waals surface area contributed by atoms with E-state index < -0.39 is 0 Å². The van der Waals surface area contributed by atoms with Gasteiger partial charge in [0.25, 0.3) is 0 Å². The lowest BCUT2D eigenvalue weighted by molar-refractivity contribution is 0.631. The minimum absolute atomic E-state index is 0.526. The third-order valence-corrected chi connectivity index (χ3v) is 3.52. The normalized spacial score (nSPS) is 12.6. The van der Waals surface area contributed by atoms with Gasteiger partial charge in [-0.2, -0.15) is 0 Å². The van der Waals surface area contributed by atoms with Gasteiger partial charge in [-0.15, -0.1) is 0 Å². The molecule has 0 aliphatic heterocycles. The predicted octanol–water partition coefficient (Wildman–Crippen LogP) is 3.44. The first-order valence-electron chi connectivity index (χ1n) is 6.58. The molecule has 2 aromatic rings. The van der Waals surface area contributed by atoms with Crippen LogP contribution in [0.15, 0.2) is 30.5 Å². The minimum Gasteiger partial charge on any atom is -0.399 e. The van der Waals surface area contributed by atoms with Crippen molar-refractivity contribution in [3.63, 3.8) is 0 Å². The van der Waals surface area contributed by atoms with Crippen molar-refractivity contribution in [2.45, 2.75) is 33.2 Å². The second-order valence-electron chi connectivity index (χ2n) is 4.65. The molecule has 1 unspecified atom stereocenters. The number of hydrogen-bond donors (Lipinski definition) is 1. The highest BCUT2D eigenvalue weighted by Crippen LogP contribution is 2.28. The number of pyridine rings is 1. The lowest BCUT2D eigenvalue weighted by Gasteiger charge is -2.30. The molecule has 0 spiro atoms. The van der Waals surface area contributed by atoms with Crippen molar-refractivity contribution in [3.8, 4) is 0 Å². The molecule has 96 valence electrons. The van der Waals surface area contributed by atoms with Crippen LogP contribution < -0.4 is 10.6 Å². The zero-order valence-corrected chi connectivity index (χ0v) is 11.4. The Labute approximate surface area is 109 Å². The van der Waals surface area contributed by atoms with E-state index in [1.54, 1.807) is 0 Å². The van der Waals surface area contributed by atoms with E-state index >= 15 is 0 Å². The summed E-state index contributed by atoms with van der Waals surface area (Å²) < 4.78 is 0. The first kappa shape index (κ1) is 12.7. The van der Waals surface area contributed by atoms with Crippen LogP contribution in [0.4, 0.5) is 11.4 Å². The van der Waals surface area contributed by atoms with Gasteiger partial charge in [-0.05, 0) is 44.5 Å². The summed E-state index contributed by atoms with van der Waals surface area (Å²) in [5, 5.41) is 1.17. The summed E-state index contributed by atoms with van der Waals surface area (Å²) in [5.41, 5.74) is 8.79. The van der Waals surface area contributed by atoms with Gasteiger partial charge in [-0.1, -0.05) is 6.92 Å². The van der Waals surface area contributed by atoms with Gasteiger partial charge in [0.2, 0.25) is 0 Å². The molecule has 0 bridgehead atoms. The van der Waals surface area contributed by atoms with Crippen molar-refractivity contribution >= 4 is 22.3 Å². The third kappa shape index (κ3) is 2.26. The Hall–Kier alpha value is -1.77. The number of rotatable bonds is 4. The number of nitrogens with zero attached hydrogens (tertiary/aromatic N) is 2. The van der Waals surface area contributed by atoms with Crippen LogP contribution in [0.3, 0.4) is 0 Å². The Morgan fingerprint density at radius 3 is 2.72 bits per heavy atom. The number of nitrogens with two attached hydrogens (primary N) is 1. The van der Waals surface area contributed by atoms with Crippen molar-refractivity contribution in [2.75, 3.05) is 17.2 Å². The average Bonchev–Trinajstić information content (AvgIpc) is 2.39. The molecule has 2 rings (SSSR count). The molecule has 3 nitrogen and oxygen atoms in total. The van der Waals surface area contributed by atoms with Crippen LogP contribution >= 0.6 is 0 Å². The lowest BCUT2D eigenvalue weighted by Crippen LogP contribution is -2.32. The molecule has 1 aromatic carbocycles. The fourth-order valence-corrected chi connectivity index (χ4v) is 2.34. The molecule has 18 heavy (non-hydrogen) atoms. The number of benzene rings is 1. The number of nitrogen functional groups attached to an aromatic ring is 1. The maximum absolute atomic E-state index is 5.81. The topological polar surface area (TPSA) is 42.2 Å². The minimum atomic E-state index is 0.526. The second-order valence-corrected chi connectivity index (χ2v) is 4.65. The predicted molar refractivity (Wildman–Crippen MR) is 78.9 cm³/mol. The first-order valence-corrected chi connectivity index (χ1v) is 6.58. The molecule has 0 saturated carbocycles. The van der Waals surface area contributed by atoms with Crippen LogP contribution in [0.2, 0.25) is 0 Å². The van der Waals surface area contributed by atoms with Gasteiger partial charge in [0.15, 0.2) is 0 Å². The smallest absolute Gasteiger partial charge is 0.0743 e. The molecule has 2 N–H and O–H groups in total. The number of anilines is 2. The molecule has 1 heterocycles. The van der Waals surface area contributed by atoms with Gasteiger partial charge in [-0.25, -0.2) is 0 Å². The standard InChI is InChI=1S/C15H21N3/c1-4-11(3)18(5-2)15-8-9-17-14-10-12(16)6-7-13(14)15/h6-11H,4-5,16H2,1-3H3. The summed E-state index contributed by atoms with van der Waals surface area (Å²) in [6.45, 7) is 7.66. The molecular weight excluding hydrogens is 222 g/mol. The fraction of sp³-hybridized carbons (Fsp3) is 0.400. The van der Waals surface area contributed by atoms with Crippen LogP contribution in [-0.2, 0) is 0 Å². The van der Waals surface area contributed by atoms with Gasteiger partial charge in [0.1, 0.15) is 0 Å². The van der Waals surface area contributed by atoms with Crippen LogP contribution in [0.5, 0.6) is 0 Å². The Morgan fingerprint density at radius 2 is 2.06 bits per heavy atom. The monoisotopic (exact) mass is 243 g/mol. The molecule has 3 heteroatoms. The molecular formula is C15H21N3. The largest absolute Gasteiger partial charge is 0.399 e. The molecule has 0 radical (unpaired) electrons. The fourth-order valence-electron chi connectivity index (χ4n) is 2.34. The summed E-state index contributed by atoms with van der Waals surface area (Å²) in [6, 6.07) is 8.56. The van der Waals surface area contributed by atoms with Crippen molar-refractivity contribution < 1.29 is 0 Å². The summed E-state index contributed by atoms with van der Waals surface area (Å²) in [5.74, 6) is 0. The van der Waals surface area contributed by atoms with Crippen molar-refractivity contribution in [1.29, 1.82) is 0 Å². The van der Waals surface area contributed by atoms with Crippen molar-refractivity contribution in [3.05, 3.63) is 30.5 Å². The molecule has 0 saturated heterocycles. The van der Waals surface area contributed by atoms with Gasteiger partial charge < -0.3 is 10.6 Å². The zero-order valence-electron chi connectivity index (χ0n) is 11.4. The van der Waals surface area contributed by atoms with E-state index in [-0.39, 0.29) is 0 Å². The molecule has 1 atom stereocenters. The quantitative estimate of drug-likeness (QED) is 0.836. The van der Waals surface area contributed by atoms with E-state index in [0.29, 0.717) is 6.04 Å². The van der Waals surface area contributed by atoms with Crippen LogP contribution in [0, 0.1) is 0 Å². The van der Waals surface area contributed by atoms with E-state index in [2.05, 4.69) is 42.8 Å². The van der Waals surface area contributed by atoms with E-state index in [9.17, 15) is 0 Å². The van der Waals surface area contributed by atoms with Crippen LogP contribution in [0.1, 0.15) is 27.2 Å². The van der Waals surface area contributed by atoms with Crippen LogP contribution in [-0.4, -0.2) is 17.6 Å². The number of fused-ring (bicyclic) bond motifs is 1. The summed E-state index contributed by atoms with van der Waals surface area (Å²) in [6.07, 6.45) is 2.99. The van der Waals surface area contributed by atoms with E-state index in [0.717, 1.165) is 24.2 Å². The average molecular weight is 243 g/mol. The van der Waals surface area contributed by atoms with Crippen LogP contribution in [0.25, 0.3) is 10.9 Å². The zero-order chi connectivity index (χ0) is 13.1. The summed E-state index contributed by atoms with van der Waals surface area (Å²) >= 11 is 0. The Morgan fingerprint density at radius 1 is 1.28 bits per heavy atom. The maximum Gasteiger partial charge on any atom is 0.0743 e. The Kier molecular flexibility index (Phi) is 3.70. The van der Waals surface area contributed by atoms with E-state index in [1.807, 2.05) is 18.3 Å². The van der Waals surface area contributed by atoms with Gasteiger partial charge in [0, 0.05) is 35.5 Å². The Bertz CT molecular complexity index is 536. The number of aromatic nitrogens is 1.